The third kappa shape index (κ3) is 3.92. The standard InChI is InChI=1S/C16H19N3OS/c1-10-6-5-7-11(2)15(10)17-16(21)19-18-13(4)14-9-8-12(3)20-14/h5-9H,1-4H3,(H2,17,19,21). The molecule has 4 nitrogen and oxygen atoms in total. The Morgan fingerprint density at radius 3 is 2.33 bits per heavy atom. The maximum absolute atomic E-state index is 5.50. The van der Waals surface area contributed by atoms with Crippen molar-refractivity contribution in [3.63, 3.8) is 0 Å². The summed E-state index contributed by atoms with van der Waals surface area (Å²) in [6, 6.07) is 9.89. The van der Waals surface area contributed by atoms with Crippen LogP contribution in [0.25, 0.3) is 0 Å². The minimum atomic E-state index is 0.454. The molecule has 0 fully saturated rings. The molecular formula is C16H19N3OS. The van der Waals surface area contributed by atoms with E-state index in [-0.39, 0.29) is 0 Å². The minimum absolute atomic E-state index is 0.454. The summed E-state index contributed by atoms with van der Waals surface area (Å²) >= 11 is 5.27. The van der Waals surface area contributed by atoms with Gasteiger partial charge in [-0.3, -0.25) is 5.43 Å². The Kier molecular flexibility index (Phi) is 4.75. The van der Waals surface area contributed by atoms with Gasteiger partial charge in [0.1, 0.15) is 17.2 Å². The van der Waals surface area contributed by atoms with Gasteiger partial charge in [0.15, 0.2) is 5.11 Å². The molecule has 5 heteroatoms. The van der Waals surface area contributed by atoms with Crippen molar-refractivity contribution >= 4 is 28.7 Å². The Balaban J connectivity index is 2.02. The molecule has 0 aliphatic heterocycles. The number of aryl methyl sites for hydroxylation is 3. The lowest BCUT2D eigenvalue weighted by Gasteiger charge is -2.12. The van der Waals surface area contributed by atoms with E-state index < -0.39 is 0 Å². The predicted molar refractivity (Wildman–Crippen MR) is 90.9 cm³/mol. The first kappa shape index (κ1) is 15.3. The number of nitrogens with one attached hydrogen (secondary N) is 2. The highest BCUT2D eigenvalue weighted by Crippen LogP contribution is 2.19. The maximum Gasteiger partial charge on any atom is 0.191 e. The number of benzene rings is 1. The maximum atomic E-state index is 5.50. The topological polar surface area (TPSA) is 49.6 Å². The normalized spacial score (nSPS) is 11.3. The lowest BCUT2D eigenvalue weighted by molar-refractivity contribution is 0.525. The highest BCUT2D eigenvalue weighted by molar-refractivity contribution is 7.80. The number of nitrogens with zero attached hydrogens (tertiary/aromatic N) is 1. The smallest absolute Gasteiger partial charge is 0.191 e. The summed E-state index contributed by atoms with van der Waals surface area (Å²) in [6.07, 6.45) is 0. The first-order chi connectivity index (χ1) is 9.97. The van der Waals surface area contributed by atoms with Crippen LogP contribution in [0.1, 0.15) is 29.6 Å². The average molecular weight is 301 g/mol. The van der Waals surface area contributed by atoms with E-state index in [9.17, 15) is 0 Å². The third-order valence-corrected chi connectivity index (χ3v) is 3.34. The zero-order valence-electron chi connectivity index (χ0n) is 12.7. The molecule has 0 amide bonds. The summed E-state index contributed by atoms with van der Waals surface area (Å²) in [5, 5.41) is 7.86. The van der Waals surface area contributed by atoms with Crippen LogP contribution >= 0.6 is 12.2 Å². The van der Waals surface area contributed by atoms with Gasteiger partial charge in [0, 0.05) is 5.69 Å². The molecule has 2 rings (SSSR count). The van der Waals surface area contributed by atoms with Crippen molar-refractivity contribution < 1.29 is 4.42 Å². The van der Waals surface area contributed by atoms with Crippen LogP contribution < -0.4 is 10.7 Å². The Hall–Kier alpha value is -2.14. The summed E-state index contributed by atoms with van der Waals surface area (Å²) in [5.41, 5.74) is 6.88. The molecule has 2 N–H and O–H groups in total. The van der Waals surface area contributed by atoms with E-state index in [0.717, 1.165) is 34.0 Å². The number of para-hydroxylation sites is 1. The Bertz CT molecular complexity index is 668. The quantitative estimate of drug-likeness (QED) is 0.512. The van der Waals surface area contributed by atoms with Gasteiger partial charge in [0.2, 0.25) is 0 Å². The predicted octanol–water partition coefficient (Wildman–Crippen LogP) is 3.92. The van der Waals surface area contributed by atoms with Crippen molar-refractivity contribution in [1.82, 2.24) is 5.43 Å². The fraction of sp³-hybridized carbons (Fsp3) is 0.250. The molecule has 0 saturated heterocycles. The summed E-state index contributed by atoms with van der Waals surface area (Å²) < 4.78 is 5.50. The van der Waals surface area contributed by atoms with Crippen molar-refractivity contribution in [2.75, 3.05) is 5.32 Å². The van der Waals surface area contributed by atoms with E-state index in [1.54, 1.807) is 0 Å². The average Bonchev–Trinajstić information content (AvgIpc) is 2.87. The van der Waals surface area contributed by atoms with Crippen LogP contribution in [0, 0.1) is 20.8 Å². The number of furan rings is 1. The second-order valence-electron chi connectivity index (χ2n) is 4.94. The van der Waals surface area contributed by atoms with E-state index in [1.807, 2.05) is 58.0 Å². The van der Waals surface area contributed by atoms with Crippen molar-refractivity contribution in [1.29, 1.82) is 0 Å². The van der Waals surface area contributed by atoms with Crippen LogP contribution in [-0.4, -0.2) is 10.8 Å². The zero-order chi connectivity index (χ0) is 15.4. The summed E-state index contributed by atoms with van der Waals surface area (Å²) in [6.45, 7) is 7.85. The number of rotatable bonds is 3. The number of hydrogen-bond donors (Lipinski definition) is 2. The van der Waals surface area contributed by atoms with Crippen LogP contribution in [0.2, 0.25) is 0 Å². The minimum Gasteiger partial charge on any atom is -0.460 e. The summed E-state index contributed by atoms with van der Waals surface area (Å²) in [4.78, 5) is 0. The van der Waals surface area contributed by atoms with Crippen molar-refractivity contribution in [2.45, 2.75) is 27.7 Å². The molecule has 110 valence electrons. The van der Waals surface area contributed by atoms with Crippen molar-refractivity contribution in [3.8, 4) is 0 Å². The SMILES string of the molecule is CC(=NNC(=S)Nc1c(C)cccc1C)c1ccc(C)o1. The summed E-state index contributed by atoms with van der Waals surface area (Å²) in [7, 11) is 0. The van der Waals surface area contributed by atoms with Gasteiger partial charge in [-0.25, -0.2) is 0 Å². The molecule has 21 heavy (non-hydrogen) atoms. The van der Waals surface area contributed by atoms with E-state index in [2.05, 4.69) is 15.8 Å². The van der Waals surface area contributed by atoms with Crippen LogP contribution in [0.4, 0.5) is 5.69 Å². The van der Waals surface area contributed by atoms with E-state index in [4.69, 9.17) is 16.6 Å². The molecule has 0 saturated carbocycles. The summed E-state index contributed by atoms with van der Waals surface area (Å²) in [5.74, 6) is 1.59. The van der Waals surface area contributed by atoms with Crippen LogP contribution in [0.3, 0.4) is 0 Å². The Labute approximate surface area is 130 Å². The number of hydrazone groups is 1. The molecule has 0 bridgehead atoms. The van der Waals surface area contributed by atoms with E-state index in [1.165, 1.54) is 0 Å². The van der Waals surface area contributed by atoms with Gasteiger partial charge in [0.25, 0.3) is 0 Å². The number of thiocarbonyl (C=S) groups is 1. The lowest BCUT2D eigenvalue weighted by Crippen LogP contribution is -2.25. The van der Waals surface area contributed by atoms with E-state index in [0.29, 0.717) is 5.11 Å². The molecule has 1 aromatic heterocycles. The number of hydrogen-bond acceptors (Lipinski definition) is 3. The molecule has 0 aliphatic carbocycles. The Morgan fingerprint density at radius 2 is 1.76 bits per heavy atom. The van der Waals surface area contributed by atoms with Gasteiger partial charge >= 0.3 is 0 Å². The van der Waals surface area contributed by atoms with Gasteiger partial charge in [-0.15, -0.1) is 0 Å². The van der Waals surface area contributed by atoms with Gasteiger partial charge in [-0.2, -0.15) is 5.10 Å². The Morgan fingerprint density at radius 1 is 1.10 bits per heavy atom. The van der Waals surface area contributed by atoms with Crippen molar-refractivity contribution in [3.05, 3.63) is 53.0 Å². The van der Waals surface area contributed by atoms with Crippen LogP contribution in [-0.2, 0) is 0 Å². The molecule has 2 aromatic rings. The van der Waals surface area contributed by atoms with Gasteiger partial charge in [-0.05, 0) is 63.2 Å². The molecule has 0 radical (unpaired) electrons. The molecule has 0 atom stereocenters. The first-order valence-electron chi connectivity index (χ1n) is 6.71. The molecule has 0 unspecified atom stereocenters. The molecule has 0 aliphatic rings. The fourth-order valence-electron chi connectivity index (χ4n) is 1.97. The second-order valence-corrected chi connectivity index (χ2v) is 5.35. The van der Waals surface area contributed by atoms with Crippen LogP contribution in [0.5, 0.6) is 0 Å². The third-order valence-electron chi connectivity index (χ3n) is 3.14. The van der Waals surface area contributed by atoms with E-state index >= 15 is 0 Å². The van der Waals surface area contributed by atoms with Gasteiger partial charge in [-0.1, -0.05) is 18.2 Å². The first-order valence-corrected chi connectivity index (χ1v) is 7.12. The molecule has 1 aromatic carbocycles. The highest BCUT2D eigenvalue weighted by atomic mass is 32.1. The second kappa shape index (κ2) is 6.54. The lowest BCUT2D eigenvalue weighted by atomic mass is 10.1. The number of anilines is 1. The molecular weight excluding hydrogens is 282 g/mol. The van der Waals surface area contributed by atoms with Gasteiger partial charge < -0.3 is 9.73 Å². The fourth-order valence-corrected chi connectivity index (χ4v) is 2.12. The molecule has 0 spiro atoms. The monoisotopic (exact) mass is 301 g/mol. The van der Waals surface area contributed by atoms with Crippen LogP contribution in [0.15, 0.2) is 39.9 Å². The van der Waals surface area contributed by atoms with Gasteiger partial charge in [0.05, 0.1) is 0 Å². The highest BCUT2D eigenvalue weighted by Gasteiger charge is 2.05. The zero-order valence-corrected chi connectivity index (χ0v) is 13.5. The largest absolute Gasteiger partial charge is 0.460 e. The molecule has 1 heterocycles. The van der Waals surface area contributed by atoms with Crippen molar-refractivity contribution in [2.24, 2.45) is 5.10 Å².